The van der Waals surface area contributed by atoms with Crippen molar-refractivity contribution in [2.45, 2.75) is 0 Å². The van der Waals surface area contributed by atoms with Crippen molar-refractivity contribution in [3.8, 4) is 0 Å². The van der Waals surface area contributed by atoms with Crippen LogP contribution in [0.15, 0.2) is 21.9 Å². The van der Waals surface area contributed by atoms with Crippen LogP contribution >= 0.6 is 0 Å². The molecule has 0 N–H and O–H groups in total. The molecule has 0 aliphatic rings. The lowest BCUT2D eigenvalue weighted by atomic mass is 10.3. The van der Waals surface area contributed by atoms with Gasteiger partial charge < -0.3 is 0 Å². The Morgan fingerprint density at radius 3 is 2.64 bits per heavy atom. The second-order valence-corrected chi connectivity index (χ2v) is 2.97. The van der Waals surface area contributed by atoms with Gasteiger partial charge in [0.05, 0.1) is 11.6 Å². The van der Waals surface area contributed by atoms with E-state index in [1.807, 2.05) is 0 Å². The summed E-state index contributed by atoms with van der Waals surface area (Å²) in [5.41, 5.74) is -0.443. The van der Waals surface area contributed by atoms with Crippen molar-refractivity contribution in [1.29, 1.82) is 0 Å². The summed E-state index contributed by atoms with van der Waals surface area (Å²) in [5.74, 6) is 0. The molecule has 2 heterocycles. The predicted octanol–water partition coefficient (Wildman–Crippen LogP) is -0.973. The zero-order valence-electron chi connectivity index (χ0n) is 7.76. The summed E-state index contributed by atoms with van der Waals surface area (Å²) in [6.07, 6.45) is 1.42. The van der Waals surface area contributed by atoms with Gasteiger partial charge in [-0.25, -0.2) is 4.79 Å². The normalized spacial score (nSPS) is 10.7. The molecule has 6 nitrogen and oxygen atoms in total. The van der Waals surface area contributed by atoms with Crippen molar-refractivity contribution in [2.24, 2.45) is 14.1 Å². The third-order valence-electron chi connectivity index (χ3n) is 2.13. The molecule has 72 valence electrons. The summed E-state index contributed by atoms with van der Waals surface area (Å²) in [7, 11) is 2.99. The molecule has 0 aliphatic heterocycles. The second-order valence-electron chi connectivity index (χ2n) is 2.97. The summed E-state index contributed by atoms with van der Waals surface area (Å²) < 4.78 is 2.34. The molecule has 0 unspecified atom stereocenters. The Kier molecular flexibility index (Phi) is 1.70. The first-order valence-electron chi connectivity index (χ1n) is 4.00. The van der Waals surface area contributed by atoms with Crippen LogP contribution in [0.4, 0.5) is 0 Å². The maximum Gasteiger partial charge on any atom is 0.332 e. The second kappa shape index (κ2) is 2.76. The van der Waals surface area contributed by atoms with E-state index in [0.717, 1.165) is 4.57 Å². The Balaban J connectivity index is 3.19. The lowest BCUT2D eigenvalue weighted by Crippen LogP contribution is -2.37. The number of hydrogen-bond donors (Lipinski definition) is 0. The maximum absolute atomic E-state index is 11.6. The molecule has 0 spiro atoms. The molecule has 14 heavy (non-hydrogen) atoms. The van der Waals surface area contributed by atoms with E-state index in [0.29, 0.717) is 11.0 Å². The summed E-state index contributed by atoms with van der Waals surface area (Å²) in [4.78, 5) is 23.0. The minimum atomic E-state index is -0.400. The Morgan fingerprint density at radius 1 is 1.21 bits per heavy atom. The molecule has 0 amide bonds. The number of fused-ring (bicyclic) bond motifs is 1. The lowest BCUT2D eigenvalue weighted by Gasteiger charge is -2.04. The van der Waals surface area contributed by atoms with Crippen molar-refractivity contribution in [3.05, 3.63) is 33.1 Å². The Morgan fingerprint density at radius 2 is 1.93 bits per heavy atom. The van der Waals surface area contributed by atoms with Crippen molar-refractivity contribution in [2.75, 3.05) is 0 Å². The minimum Gasteiger partial charge on any atom is -0.279 e. The average Bonchev–Trinajstić information content (AvgIpc) is 2.23. The first-order valence-corrected chi connectivity index (χ1v) is 4.00. The van der Waals surface area contributed by atoms with E-state index in [-0.39, 0.29) is 5.56 Å². The SMILES string of the molecule is Cn1c(=O)c2ccnnc2n(C)c1=O. The van der Waals surface area contributed by atoms with Crippen LogP contribution in [0, 0.1) is 0 Å². The molecule has 0 aliphatic carbocycles. The molecular weight excluding hydrogens is 184 g/mol. The van der Waals surface area contributed by atoms with E-state index >= 15 is 0 Å². The molecule has 2 aromatic heterocycles. The van der Waals surface area contributed by atoms with E-state index in [2.05, 4.69) is 10.2 Å². The highest BCUT2D eigenvalue weighted by atomic mass is 16.2. The largest absolute Gasteiger partial charge is 0.332 e. The quantitative estimate of drug-likeness (QED) is 0.538. The van der Waals surface area contributed by atoms with Gasteiger partial charge in [-0.15, -0.1) is 5.10 Å². The van der Waals surface area contributed by atoms with Gasteiger partial charge in [-0.1, -0.05) is 0 Å². The van der Waals surface area contributed by atoms with Gasteiger partial charge in [0.15, 0.2) is 5.65 Å². The van der Waals surface area contributed by atoms with Gasteiger partial charge in [-0.3, -0.25) is 13.9 Å². The Hall–Kier alpha value is -1.98. The highest BCUT2D eigenvalue weighted by molar-refractivity contribution is 5.72. The van der Waals surface area contributed by atoms with Crippen molar-refractivity contribution in [3.63, 3.8) is 0 Å². The van der Waals surface area contributed by atoms with Gasteiger partial charge in [0, 0.05) is 14.1 Å². The zero-order valence-corrected chi connectivity index (χ0v) is 7.76. The van der Waals surface area contributed by atoms with Gasteiger partial charge >= 0.3 is 5.69 Å². The van der Waals surface area contributed by atoms with Crippen LogP contribution in [-0.4, -0.2) is 19.3 Å². The van der Waals surface area contributed by atoms with E-state index < -0.39 is 5.69 Å². The van der Waals surface area contributed by atoms with Crippen LogP contribution in [-0.2, 0) is 14.1 Å². The molecule has 0 saturated carbocycles. The Labute approximate surface area is 78.4 Å². The molecule has 2 aromatic rings. The third-order valence-corrected chi connectivity index (χ3v) is 2.13. The molecule has 0 fully saturated rings. The molecule has 0 saturated heterocycles. The summed E-state index contributed by atoms with van der Waals surface area (Å²) >= 11 is 0. The van der Waals surface area contributed by atoms with Crippen LogP contribution in [0.25, 0.3) is 11.0 Å². The van der Waals surface area contributed by atoms with Crippen LogP contribution in [0.1, 0.15) is 0 Å². The number of aryl methyl sites for hydroxylation is 1. The summed E-state index contributed by atoms with van der Waals surface area (Å²) in [5, 5.41) is 7.76. The molecule has 6 heteroatoms. The van der Waals surface area contributed by atoms with Crippen molar-refractivity contribution >= 4 is 11.0 Å². The molecule has 2 rings (SSSR count). The average molecular weight is 192 g/mol. The van der Waals surface area contributed by atoms with Crippen molar-refractivity contribution < 1.29 is 0 Å². The summed E-state index contributed by atoms with van der Waals surface area (Å²) in [6, 6.07) is 1.55. The number of hydrogen-bond acceptors (Lipinski definition) is 4. The fraction of sp³-hybridized carbons (Fsp3) is 0.250. The molecule has 0 aromatic carbocycles. The first kappa shape index (κ1) is 8.61. The summed E-state index contributed by atoms with van der Waals surface area (Å²) in [6.45, 7) is 0. The van der Waals surface area contributed by atoms with Crippen LogP contribution in [0.2, 0.25) is 0 Å². The fourth-order valence-corrected chi connectivity index (χ4v) is 1.32. The molecule has 0 radical (unpaired) electrons. The highest BCUT2D eigenvalue weighted by Crippen LogP contribution is 1.98. The zero-order chi connectivity index (χ0) is 10.3. The van der Waals surface area contributed by atoms with Gasteiger partial charge in [-0.2, -0.15) is 5.10 Å². The van der Waals surface area contributed by atoms with E-state index in [1.54, 1.807) is 13.1 Å². The van der Waals surface area contributed by atoms with E-state index in [1.165, 1.54) is 17.8 Å². The van der Waals surface area contributed by atoms with Gasteiger partial charge in [-0.05, 0) is 6.07 Å². The first-order chi connectivity index (χ1) is 6.63. The van der Waals surface area contributed by atoms with Gasteiger partial charge in [0.1, 0.15) is 0 Å². The Bertz CT molecular complexity index is 611. The third kappa shape index (κ3) is 0.968. The molecule has 0 bridgehead atoms. The van der Waals surface area contributed by atoms with Gasteiger partial charge in [0.25, 0.3) is 5.56 Å². The minimum absolute atomic E-state index is 0.306. The maximum atomic E-state index is 11.6. The fourth-order valence-electron chi connectivity index (χ4n) is 1.32. The molecule has 0 atom stereocenters. The smallest absolute Gasteiger partial charge is 0.279 e. The highest BCUT2D eigenvalue weighted by Gasteiger charge is 2.07. The van der Waals surface area contributed by atoms with Gasteiger partial charge in [0.2, 0.25) is 0 Å². The number of nitrogens with zero attached hydrogens (tertiary/aromatic N) is 4. The number of aromatic nitrogens is 4. The van der Waals surface area contributed by atoms with Crippen LogP contribution in [0.3, 0.4) is 0 Å². The lowest BCUT2D eigenvalue weighted by molar-refractivity contribution is 0.703. The monoisotopic (exact) mass is 192 g/mol. The van der Waals surface area contributed by atoms with Crippen molar-refractivity contribution in [1.82, 2.24) is 19.3 Å². The predicted molar refractivity (Wildman–Crippen MR) is 50.0 cm³/mol. The molecular formula is C8H8N4O2. The van der Waals surface area contributed by atoms with Crippen LogP contribution < -0.4 is 11.2 Å². The number of rotatable bonds is 0. The van der Waals surface area contributed by atoms with Crippen LogP contribution in [0.5, 0.6) is 0 Å². The van der Waals surface area contributed by atoms with E-state index in [9.17, 15) is 9.59 Å². The van der Waals surface area contributed by atoms with E-state index in [4.69, 9.17) is 0 Å². The topological polar surface area (TPSA) is 69.8 Å². The standard InChI is InChI=1S/C8H8N4O2/c1-11-6-5(3-4-9-10-6)7(13)12(2)8(11)14/h3-4H,1-2H3.